The molecular weight excluding hydrogens is 321 g/mol. The smallest absolute Gasteiger partial charge is 0.322 e. The van der Waals surface area contributed by atoms with Crippen LogP contribution in [0.3, 0.4) is 0 Å². The number of nitrogens with one attached hydrogen (secondary N) is 1. The third-order valence-corrected chi connectivity index (χ3v) is 3.79. The van der Waals surface area contributed by atoms with Crippen molar-refractivity contribution in [1.29, 1.82) is 0 Å². The van der Waals surface area contributed by atoms with Crippen LogP contribution in [0.25, 0.3) is 11.0 Å². The van der Waals surface area contributed by atoms with Crippen LogP contribution in [0, 0.1) is 5.82 Å². The fraction of sp³-hybridized carbons (Fsp3) is 0.125. The van der Waals surface area contributed by atoms with E-state index in [0.29, 0.717) is 10.5 Å². The molecule has 0 radical (unpaired) electrons. The van der Waals surface area contributed by atoms with Crippen molar-refractivity contribution in [3.63, 3.8) is 0 Å². The minimum absolute atomic E-state index is 0.0178. The maximum Gasteiger partial charge on any atom is 0.329 e. The van der Waals surface area contributed by atoms with Gasteiger partial charge in [-0.3, -0.25) is 13.9 Å². The molecule has 0 aliphatic rings. The largest absolute Gasteiger partial charge is 0.329 e. The van der Waals surface area contributed by atoms with Crippen LogP contribution in [0.2, 0.25) is 5.02 Å². The van der Waals surface area contributed by atoms with Crippen LogP contribution in [0.15, 0.2) is 47.3 Å². The molecule has 0 spiro atoms. The number of rotatable bonds is 3. The summed E-state index contributed by atoms with van der Waals surface area (Å²) in [5.41, 5.74) is 1.03. The summed E-state index contributed by atoms with van der Waals surface area (Å²) in [6.45, 7) is -0.216. The van der Waals surface area contributed by atoms with E-state index in [1.54, 1.807) is 25.2 Å². The van der Waals surface area contributed by atoms with Gasteiger partial charge in [0.25, 0.3) is 0 Å². The van der Waals surface area contributed by atoms with Gasteiger partial charge in [0, 0.05) is 12.1 Å². The van der Waals surface area contributed by atoms with Gasteiger partial charge in [-0.15, -0.1) is 0 Å². The highest BCUT2D eigenvalue weighted by molar-refractivity contribution is 6.30. The maximum absolute atomic E-state index is 13.7. The van der Waals surface area contributed by atoms with Crippen molar-refractivity contribution in [1.82, 2.24) is 9.13 Å². The van der Waals surface area contributed by atoms with E-state index in [4.69, 9.17) is 11.6 Å². The Labute approximate surface area is 135 Å². The number of nitrogens with zero attached hydrogens (tertiary/aromatic N) is 2. The molecule has 118 valence electrons. The van der Waals surface area contributed by atoms with Crippen molar-refractivity contribution in [3.05, 3.63) is 63.8 Å². The Morgan fingerprint density at radius 1 is 1.22 bits per heavy atom. The molecular formula is C16H13ClFN3O2. The summed E-state index contributed by atoms with van der Waals surface area (Å²) in [6.07, 6.45) is 0. The molecule has 0 aliphatic heterocycles. The molecule has 0 atom stereocenters. The average Bonchev–Trinajstić information content (AvgIpc) is 2.76. The predicted molar refractivity (Wildman–Crippen MR) is 87.2 cm³/mol. The van der Waals surface area contributed by atoms with Crippen LogP contribution in [0.4, 0.5) is 10.1 Å². The number of carbonyl (C=O) groups excluding carboxylic acids is 1. The Kier molecular flexibility index (Phi) is 3.92. The second-order valence-corrected chi connectivity index (χ2v) is 5.53. The molecule has 2 aromatic carbocycles. The molecule has 1 N–H and O–H groups in total. The molecule has 7 heteroatoms. The molecule has 0 saturated carbocycles. The third-order valence-electron chi connectivity index (χ3n) is 3.56. The van der Waals surface area contributed by atoms with Gasteiger partial charge in [-0.05, 0) is 30.3 Å². The lowest BCUT2D eigenvalue weighted by Crippen LogP contribution is -2.28. The minimum Gasteiger partial charge on any atom is -0.322 e. The average molecular weight is 334 g/mol. The zero-order valence-electron chi connectivity index (χ0n) is 12.2. The lowest BCUT2D eigenvalue weighted by molar-refractivity contribution is -0.116. The number of aromatic nitrogens is 2. The van der Waals surface area contributed by atoms with Crippen LogP contribution in [-0.4, -0.2) is 15.0 Å². The first-order valence-electron chi connectivity index (χ1n) is 6.86. The van der Waals surface area contributed by atoms with Crippen LogP contribution < -0.4 is 11.0 Å². The quantitative estimate of drug-likeness (QED) is 0.801. The molecule has 1 heterocycles. The minimum atomic E-state index is -0.590. The van der Waals surface area contributed by atoms with E-state index >= 15 is 0 Å². The van der Waals surface area contributed by atoms with Gasteiger partial charge >= 0.3 is 5.69 Å². The summed E-state index contributed by atoms with van der Waals surface area (Å²) in [4.78, 5) is 24.4. The van der Waals surface area contributed by atoms with Gasteiger partial charge in [0.2, 0.25) is 5.91 Å². The molecule has 5 nitrogen and oxygen atoms in total. The number of halogens is 2. The van der Waals surface area contributed by atoms with Gasteiger partial charge < -0.3 is 5.32 Å². The van der Waals surface area contributed by atoms with E-state index in [1.807, 2.05) is 6.07 Å². The number of aryl methyl sites for hydroxylation is 1. The number of carbonyl (C=O) groups is 1. The number of imidazole rings is 1. The number of para-hydroxylation sites is 2. The number of anilines is 1. The molecule has 3 rings (SSSR count). The second-order valence-electron chi connectivity index (χ2n) is 5.09. The molecule has 0 bridgehead atoms. The highest BCUT2D eigenvalue weighted by Gasteiger charge is 2.14. The van der Waals surface area contributed by atoms with E-state index in [1.165, 1.54) is 27.3 Å². The van der Waals surface area contributed by atoms with Gasteiger partial charge in [0.1, 0.15) is 12.4 Å². The first-order chi connectivity index (χ1) is 11.0. The molecule has 0 saturated heterocycles. The Balaban J connectivity index is 1.91. The molecule has 1 aromatic heterocycles. The number of hydrogen-bond donors (Lipinski definition) is 1. The van der Waals surface area contributed by atoms with E-state index < -0.39 is 11.7 Å². The molecule has 0 fully saturated rings. The van der Waals surface area contributed by atoms with Gasteiger partial charge in [0.15, 0.2) is 0 Å². The highest BCUT2D eigenvalue weighted by Crippen LogP contribution is 2.19. The fourth-order valence-electron chi connectivity index (χ4n) is 2.44. The molecule has 3 aromatic rings. The van der Waals surface area contributed by atoms with E-state index in [2.05, 4.69) is 5.32 Å². The Bertz CT molecular complexity index is 962. The summed E-state index contributed by atoms with van der Waals surface area (Å²) in [7, 11) is 1.63. The standard InChI is InChI=1S/C16H13ClFN3O2/c1-20-13-4-2-3-5-14(13)21(16(20)23)9-15(22)19-12-8-10(17)6-7-11(12)18/h2-8H,9H2,1H3,(H,19,22). The number of benzene rings is 2. The van der Waals surface area contributed by atoms with Crippen molar-refractivity contribution < 1.29 is 9.18 Å². The Morgan fingerprint density at radius 2 is 1.91 bits per heavy atom. The van der Waals surface area contributed by atoms with Crippen molar-refractivity contribution in [3.8, 4) is 0 Å². The molecule has 23 heavy (non-hydrogen) atoms. The zero-order valence-corrected chi connectivity index (χ0v) is 13.0. The fourth-order valence-corrected chi connectivity index (χ4v) is 2.61. The van der Waals surface area contributed by atoms with Gasteiger partial charge in [0.05, 0.1) is 16.7 Å². The van der Waals surface area contributed by atoms with E-state index in [9.17, 15) is 14.0 Å². The van der Waals surface area contributed by atoms with Gasteiger partial charge in [-0.1, -0.05) is 23.7 Å². The summed E-state index contributed by atoms with van der Waals surface area (Å²) in [6, 6.07) is 11.0. The SMILES string of the molecule is Cn1c(=O)n(CC(=O)Nc2cc(Cl)ccc2F)c2ccccc21. The lowest BCUT2D eigenvalue weighted by atomic mass is 10.3. The van der Waals surface area contributed by atoms with Crippen LogP contribution in [-0.2, 0) is 18.4 Å². The molecule has 1 amide bonds. The highest BCUT2D eigenvalue weighted by atomic mass is 35.5. The first kappa shape index (κ1) is 15.3. The second kappa shape index (κ2) is 5.89. The van der Waals surface area contributed by atoms with Crippen LogP contribution in [0.1, 0.15) is 0 Å². The predicted octanol–water partition coefficient (Wildman–Crippen LogP) is 2.77. The number of amides is 1. The summed E-state index contributed by atoms with van der Waals surface area (Å²) < 4.78 is 16.5. The summed E-state index contributed by atoms with van der Waals surface area (Å²) in [5, 5.41) is 2.74. The van der Waals surface area contributed by atoms with Crippen molar-refractivity contribution in [2.75, 3.05) is 5.32 Å². The normalized spacial score (nSPS) is 10.9. The first-order valence-corrected chi connectivity index (χ1v) is 7.24. The maximum atomic E-state index is 13.7. The van der Waals surface area contributed by atoms with Crippen molar-refractivity contribution in [2.24, 2.45) is 7.05 Å². The Morgan fingerprint density at radius 3 is 2.65 bits per heavy atom. The van der Waals surface area contributed by atoms with Crippen molar-refractivity contribution in [2.45, 2.75) is 6.54 Å². The molecule has 0 aliphatic carbocycles. The lowest BCUT2D eigenvalue weighted by Gasteiger charge is -2.07. The monoisotopic (exact) mass is 333 g/mol. The van der Waals surface area contributed by atoms with Gasteiger partial charge in [-0.25, -0.2) is 9.18 Å². The third kappa shape index (κ3) is 2.85. The van der Waals surface area contributed by atoms with Crippen LogP contribution >= 0.6 is 11.6 Å². The summed E-state index contributed by atoms with van der Waals surface area (Å²) >= 11 is 5.79. The van der Waals surface area contributed by atoms with Crippen LogP contribution in [0.5, 0.6) is 0 Å². The van der Waals surface area contributed by atoms with E-state index in [0.717, 1.165) is 5.52 Å². The van der Waals surface area contributed by atoms with E-state index in [-0.39, 0.29) is 17.9 Å². The zero-order chi connectivity index (χ0) is 16.6. The topological polar surface area (TPSA) is 56.0 Å². The van der Waals surface area contributed by atoms with Gasteiger partial charge in [-0.2, -0.15) is 0 Å². The molecule has 0 unspecified atom stereocenters. The Hall–Kier alpha value is -2.60. The number of hydrogen-bond acceptors (Lipinski definition) is 2. The van der Waals surface area contributed by atoms with Crippen molar-refractivity contribution >= 4 is 34.2 Å². The number of fused-ring (bicyclic) bond motifs is 1. The summed E-state index contributed by atoms with van der Waals surface area (Å²) in [5.74, 6) is -1.10.